The summed E-state index contributed by atoms with van der Waals surface area (Å²) in [5.74, 6) is 1.03. The first-order valence-electron chi connectivity index (χ1n) is 7.18. The van der Waals surface area contributed by atoms with Crippen LogP contribution in [0.25, 0.3) is 0 Å². The van der Waals surface area contributed by atoms with Crippen molar-refractivity contribution in [3.8, 4) is 5.75 Å². The topological polar surface area (TPSA) is 47.3 Å². The van der Waals surface area contributed by atoms with Crippen LogP contribution in [0.15, 0.2) is 42.5 Å². The van der Waals surface area contributed by atoms with E-state index in [1.54, 1.807) is 0 Å². The molecular formula is C17H18N2O. The lowest BCUT2D eigenvalue weighted by Gasteiger charge is -2.16. The average Bonchev–Trinajstić information content (AvgIpc) is 3.05. The van der Waals surface area contributed by atoms with Gasteiger partial charge in [0.05, 0.1) is 12.6 Å². The van der Waals surface area contributed by atoms with Crippen molar-refractivity contribution < 1.29 is 4.74 Å². The molecular weight excluding hydrogens is 248 g/mol. The van der Waals surface area contributed by atoms with E-state index >= 15 is 0 Å². The Balaban J connectivity index is 1.61. The molecule has 3 N–H and O–H groups in total. The molecule has 0 bridgehead atoms. The molecule has 0 saturated carbocycles. The second-order valence-corrected chi connectivity index (χ2v) is 5.59. The number of fused-ring (bicyclic) bond motifs is 2. The maximum Gasteiger partial charge on any atom is 0.122 e. The van der Waals surface area contributed by atoms with Crippen molar-refractivity contribution in [3.63, 3.8) is 0 Å². The molecule has 0 radical (unpaired) electrons. The van der Waals surface area contributed by atoms with Gasteiger partial charge in [0, 0.05) is 18.2 Å². The number of nitrogens with two attached hydrogens (primary N) is 1. The zero-order chi connectivity index (χ0) is 13.5. The standard InChI is InChI=1S/C17H18N2O/c18-15-10-16(14-4-2-1-3-13(14)15)19-12-5-6-17-11(9-12)7-8-20-17/h1-6,9,15-16,19H,7-8,10,18H2. The summed E-state index contributed by atoms with van der Waals surface area (Å²) in [7, 11) is 0. The van der Waals surface area contributed by atoms with Gasteiger partial charge >= 0.3 is 0 Å². The first kappa shape index (κ1) is 11.8. The van der Waals surface area contributed by atoms with Crippen LogP contribution in [-0.2, 0) is 6.42 Å². The Hall–Kier alpha value is -2.00. The third-order valence-corrected chi connectivity index (χ3v) is 4.29. The zero-order valence-corrected chi connectivity index (χ0v) is 11.3. The van der Waals surface area contributed by atoms with Crippen LogP contribution in [-0.4, -0.2) is 6.61 Å². The molecule has 0 amide bonds. The zero-order valence-electron chi connectivity index (χ0n) is 11.3. The lowest BCUT2D eigenvalue weighted by molar-refractivity contribution is 0.357. The van der Waals surface area contributed by atoms with E-state index in [0.717, 1.165) is 30.9 Å². The first-order chi connectivity index (χ1) is 9.81. The highest BCUT2D eigenvalue weighted by Gasteiger charge is 2.28. The second-order valence-electron chi connectivity index (χ2n) is 5.59. The summed E-state index contributed by atoms with van der Waals surface area (Å²) in [4.78, 5) is 0. The average molecular weight is 266 g/mol. The molecule has 2 aliphatic rings. The van der Waals surface area contributed by atoms with E-state index in [4.69, 9.17) is 10.5 Å². The van der Waals surface area contributed by atoms with Crippen molar-refractivity contribution in [3.05, 3.63) is 59.2 Å². The van der Waals surface area contributed by atoms with Crippen LogP contribution < -0.4 is 15.8 Å². The number of benzene rings is 2. The quantitative estimate of drug-likeness (QED) is 0.877. The van der Waals surface area contributed by atoms with Crippen LogP contribution in [0, 0.1) is 0 Å². The Morgan fingerprint density at radius 2 is 1.95 bits per heavy atom. The van der Waals surface area contributed by atoms with Gasteiger partial charge in [-0.25, -0.2) is 0 Å². The molecule has 2 atom stereocenters. The summed E-state index contributed by atoms with van der Waals surface area (Å²) in [5.41, 5.74) is 11.3. The van der Waals surface area contributed by atoms with Crippen molar-refractivity contribution >= 4 is 5.69 Å². The number of nitrogens with one attached hydrogen (secondary N) is 1. The maximum absolute atomic E-state index is 6.22. The smallest absolute Gasteiger partial charge is 0.122 e. The Morgan fingerprint density at radius 1 is 1.10 bits per heavy atom. The predicted octanol–water partition coefficient (Wildman–Crippen LogP) is 3.18. The Labute approximate surface area is 118 Å². The summed E-state index contributed by atoms with van der Waals surface area (Å²) < 4.78 is 5.55. The minimum atomic E-state index is 0.140. The lowest BCUT2D eigenvalue weighted by atomic mass is 10.1. The highest BCUT2D eigenvalue weighted by atomic mass is 16.5. The molecule has 2 aromatic rings. The molecule has 0 spiro atoms. The maximum atomic E-state index is 6.22. The molecule has 3 heteroatoms. The Kier molecular flexibility index (Phi) is 2.67. The van der Waals surface area contributed by atoms with Gasteiger partial charge in [-0.2, -0.15) is 0 Å². The van der Waals surface area contributed by atoms with E-state index in [-0.39, 0.29) is 6.04 Å². The first-order valence-corrected chi connectivity index (χ1v) is 7.18. The Bertz CT molecular complexity index is 653. The van der Waals surface area contributed by atoms with Gasteiger partial charge in [-0.15, -0.1) is 0 Å². The number of rotatable bonds is 2. The molecule has 2 aromatic carbocycles. The van der Waals surface area contributed by atoms with Crippen LogP contribution in [0.3, 0.4) is 0 Å². The van der Waals surface area contributed by atoms with Gasteiger partial charge in [-0.1, -0.05) is 24.3 Å². The van der Waals surface area contributed by atoms with Crippen molar-refractivity contribution in [2.75, 3.05) is 11.9 Å². The third kappa shape index (κ3) is 1.86. The summed E-state index contributed by atoms with van der Waals surface area (Å²) in [6.45, 7) is 0.802. The largest absolute Gasteiger partial charge is 0.493 e. The van der Waals surface area contributed by atoms with Crippen LogP contribution in [0.1, 0.15) is 35.2 Å². The molecule has 3 nitrogen and oxygen atoms in total. The van der Waals surface area contributed by atoms with E-state index in [1.807, 2.05) is 0 Å². The van der Waals surface area contributed by atoms with Crippen LogP contribution in [0.5, 0.6) is 5.75 Å². The summed E-state index contributed by atoms with van der Waals surface area (Å²) in [5, 5.41) is 3.62. The summed E-state index contributed by atoms with van der Waals surface area (Å²) >= 11 is 0. The van der Waals surface area contributed by atoms with Crippen molar-refractivity contribution in [2.45, 2.75) is 24.9 Å². The fraction of sp³-hybridized carbons (Fsp3) is 0.294. The molecule has 102 valence electrons. The van der Waals surface area contributed by atoms with E-state index in [1.165, 1.54) is 16.7 Å². The predicted molar refractivity (Wildman–Crippen MR) is 80.0 cm³/mol. The van der Waals surface area contributed by atoms with Gasteiger partial charge in [0.2, 0.25) is 0 Å². The molecule has 1 aliphatic carbocycles. The van der Waals surface area contributed by atoms with Gasteiger partial charge in [-0.05, 0) is 41.3 Å². The van der Waals surface area contributed by atoms with E-state index in [0.29, 0.717) is 6.04 Å². The molecule has 20 heavy (non-hydrogen) atoms. The number of hydrogen-bond acceptors (Lipinski definition) is 3. The molecule has 1 heterocycles. The van der Waals surface area contributed by atoms with Crippen molar-refractivity contribution in [1.29, 1.82) is 0 Å². The van der Waals surface area contributed by atoms with E-state index in [9.17, 15) is 0 Å². The number of ether oxygens (including phenoxy) is 1. The van der Waals surface area contributed by atoms with Crippen LogP contribution in [0.4, 0.5) is 5.69 Å². The number of hydrogen-bond donors (Lipinski definition) is 2. The third-order valence-electron chi connectivity index (χ3n) is 4.29. The van der Waals surface area contributed by atoms with Crippen molar-refractivity contribution in [2.24, 2.45) is 5.73 Å². The molecule has 0 fully saturated rings. The van der Waals surface area contributed by atoms with Gasteiger partial charge in [-0.3, -0.25) is 0 Å². The lowest BCUT2D eigenvalue weighted by Crippen LogP contribution is -2.10. The summed E-state index contributed by atoms with van der Waals surface area (Å²) in [6, 6.07) is 15.3. The molecule has 4 rings (SSSR count). The molecule has 0 aromatic heterocycles. The van der Waals surface area contributed by atoms with Crippen LogP contribution in [0.2, 0.25) is 0 Å². The second kappa shape index (κ2) is 4.53. The number of anilines is 1. The van der Waals surface area contributed by atoms with E-state index < -0.39 is 0 Å². The molecule has 1 aliphatic heterocycles. The Morgan fingerprint density at radius 3 is 2.85 bits per heavy atom. The molecule has 2 unspecified atom stereocenters. The minimum Gasteiger partial charge on any atom is -0.493 e. The summed E-state index contributed by atoms with van der Waals surface area (Å²) in [6.07, 6.45) is 1.96. The fourth-order valence-corrected chi connectivity index (χ4v) is 3.29. The van der Waals surface area contributed by atoms with Gasteiger partial charge in [0.25, 0.3) is 0 Å². The monoisotopic (exact) mass is 266 g/mol. The molecule has 0 saturated heterocycles. The normalized spacial score (nSPS) is 23.1. The van der Waals surface area contributed by atoms with Gasteiger partial charge in [0.15, 0.2) is 0 Å². The highest BCUT2D eigenvalue weighted by molar-refractivity contribution is 5.55. The minimum absolute atomic E-state index is 0.140. The SMILES string of the molecule is NC1CC(Nc2ccc3c(c2)CCO3)c2ccccc21. The highest BCUT2D eigenvalue weighted by Crippen LogP contribution is 2.39. The van der Waals surface area contributed by atoms with E-state index in [2.05, 4.69) is 47.8 Å². The van der Waals surface area contributed by atoms with Gasteiger partial charge < -0.3 is 15.8 Å². The fourth-order valence-electron chi connectivity index (χ4n) is 3.29. The van der Waals surface area contributed by atoms with Crippen molar-refractivity contribution in [1.82, 2.24) is 0 Å². The van der Waals surface area contributed by atoms with Crippen LogP contribution >= 0.6 is 0 Å². The van der Waals surface area contributed by atoms with Gasteiger partial charge in [0.1, 0.15) is 5.75 Å².